The zero-order valence-electron chi connectivity index (χ0n) is 15.8. The maximum Gasteiger partial charge on any atom is 0.302 e. The van der Waals surface area contributed by atoms with Crippen LogP contribution in [0, 0.1) is 23.2 Å². The number of carbonyl (C=O) groups is 1. The van der Waals surface area contributed by atoms with Crippen molar-refractivity contribution in [3.05, 3.63) is 47.5 Å². The number of ether oxygens (including phenoxy) is 2. The number of rotatable bonds is 5. The molecule has 5 atom stereocenters. The molecule has 0 saturated carbocycles. The molecule has 3 heteroatoms. The highest BCUT2D eigenvalue weighted by Crippen LogP contribution is 2.53. The molecule has 136 valence electrons. The van der Waals surface area contributed by atoms with Crippen LogP contribution >= 0.6 is 0 Å². The van der Waals surface area contributed by atoms with Gasteiger partial charge in [0.1, 0.15) is 0 Å². The fourth-order valence-electron chi connectivity index (χ4n) is 4.84. The third-order valence-corrected chi connectivity index (χ3v) is 6.46. The van der Waals surface area contributed by atoms with Crippen LogP contribution in [0.2, 0.25) is 0 Å². The van der Waals surface area contributed by atoms with Gasteiger partial charge in [0.05, 0.1) is 19.3 Å². The molecule has 0 spiro atoms. The van der Waals surface area contributed by atoms with Crippen molar-refractivity contribution in [3.63, 3.8) is 0 Å². The summed E-state index contributed by atoms with van der Waals surface area (Å²) < 4.78 is 11.8. The van der Waals surface area contributed by atoms with Gasteiger partial charge in [-0.25, -0.2) is 0 Å². The Morgan fingerprint density at radius 1 is 1.28 bits per heavy atom. The second kappa shape index (κ2) is 7.33. The molecule has 1 saturated heterocycles. The van der Waals surface area contributed by atoms with Crippen LogP contribution in [-0.2, 0) is 20.7 Å². The quantitative estimate of drug-likeness (QED) is 0.587. The number of hydrogen-bond acceptors (Lipinski definition) is 3. The summed E-state index contributed by atoms with van der Waals surface area (Å²) in [5.41, 5.74) is 2.69. The first-order valence-electron chi connectivity index (χ1n) is 9.41. The zero-order chi connectivity index (χ0) is 18.0. The van der Waals surface area contributed by atoms with Crippen molar-refractivity contribution in [2.75, 3.05) is 13.2 Å². The maximum atomic E-state index is 11.4. The topological polar surface area (TPSA) is 35.5 Å². The van der Waals surface area contributed by atoms with E-state index in [9.17, 15) is 4.79 Å². The molecule has 0 aromatic heterocycles. The number of hydrogen-bond donors (Lipinski definition) is 0. The maximum absolute atomic E-state index is 11.4. The normalized spacial score (nSPS) is 34.3. The molecular formula is C22H30O3. The molecule has 1 fully saturated rings. The van der Waals surface area contributed by atoms with Gasteiger partial charge in [-0.2, -0.15) is 0 Å². The van der Waals surface area contributed by atoms with Crippen LogP contribution in [-0.4, -0.2) is 25.3 Å². The second-order valence-electron chi connectivity index (χ2n) is 7.90. The molecule has 1 aromatic rings. The summed E-state index contributed by atoms with van der Waals surface area (Å²) in [4.78, 5) is 11.4. The van der Waals surface area contributed by atoms with Crippen LogP contribution in [0.25, 0.3) is 0 Å². The smallest absolute Gasteiger partial charge is 0.302 e. The molecule has 2 bridgehead atoms. The standard InChI is InChI=1S/C22H30O3/c1-15-12-16(2)22(13-24-18(4)23)14-25-20(21(15)17(22)3)11-10-19-8-6-5-7-9-19/h5-9,12,16-17,20-21H,10-11,13-14H2,1-4H3/t16?,17-,20?,21?,22+/m1/s1. The van der Waals surface area contributed by atoms with Crippen molar-refractivity contribution in [2.24, 2.45) is 23.2 Å². The summed E-state index contributed by atoms with van der Waals surface area (Å²) >= 11 is 0. The van der Waals surface area contributed by atoms with Gasteiger partial charge < -0.3 is 9.47 Å². The number of benzene rings is 1. The van der Waals surface area contributed by atoms with Crippen LogP contribution in [0.15, 0.2) is 42.0 Å². The second-order valence-corrected chi connectivity index (χ2v) is 7.90. The first kappa shape index (κ1) is 18.2. The van der Waals surface area contributed by atoms with E-state index in [1.54, 1.807) is 0 Å². The van der Waals surface area contributed by atoms with E-state index in [0.29, 0.717) is 31.0 Å². The molecule has 0 N–H and O–H groups in total. The molecule has 1 heterocycles. The molecule has 0 radical (unpaired) electrons. The van der Waals surface area contributed by atoms with Gasteiger partial charge in [-0.05, 0) is 37.2 Å². The van der Waals surface area contributed by atoms with E-state index < -0.39 is 0 Å². The molecule has 3 rings (SSSR count). The molecule has 2 aliphatic rings. The SMILES string of the molecule is CC(=O)OC[C@]12COC(CCc3ccccc3)C(C(C)=CC1C)[C@H]2C. The van der Waals surface area contributed by atoms with E-state index >= 15 is 0 Å². The lowest BCUT2D eigenvalue weighted by Crippen LogP contribution is -2.56. The summed E-state index contributed by atoms with van der Waals surface area (Å²) in [6.07, 6.45) is 4.69. The van der Waals surface area contributed by atoms with E-state index in [1.807, 2.05) is 0 Å². The van der Waals surface area contributed by atoms with Crippen LogP contribution in [0.4, 0.5) is 0 Å². The van der Waals surface area contributed by atoms with Crippen molar-refractivity contribution >= 4 is 5.97 Å². The van der Waals surface area contributed by atoms with E-state index in [1.165, 1.54) is 18.1 Å². The monoisotopic (exact) mass is 342 g/mol. The Balaban J connectivity index is 1.76. The Morgan fingerprint density at radius 3 is 2.68 bits per heavy atom. The largest absolute Gasteiger partial charge is 0.465 e. The Kier molecular flexibility index (Phi) is 5.33. The first-order valence-corrected chi connectivity index (χ1v) is 9.41. The minimum absolute atomic E-state index is 0.0981. The van der Waals surface area contributed by atoms with Crippen molar-refractivity contribution in [3.8, 4) is 0 Å². The van der Waals surface area contributed by atoms with Gasteiger partial charge in [-0.15, -0.1) is 0 Å². The van der Waals surface area contributed by atoms with Crippen LogP contribution in [0.3, 0.4) is 0 Å². The lowest BCUT2D eigenvalue weighted by atomic mass is 9.56. The molecule has 1 aliphatic carbocycles. The summed E-state index contributed by atoms with van der Waals surface area (Å²) in [6.45, 7) is 9.39. The average molecular weight is 342 g/mol. The fourth-order valence-corrected chi connectivity index (χ4v) is 4.84. The Hall–Kier alpha value is -1.61. The third-order valence-electron chi connectivity index (χ3n) is 6.46. The number of fused-ring (bicyclic) bond motifs is 2. The number of allylic oxidation sites excluding steroid dienone is 1. The lowest BCUT2D eigenvalue weighted by molar-refractivity contribution is -0.179. The predicted octanol–water partition coefficient (Wildman–Crippen LogP) is 4.42. The number of aryl methyl sites for hydroxylation is 1. The van der Waals surface area contributed by atoms with Crippen LogP contribution < -0.4 is 0 Å². The first-order chi connectivity index (χ1) is 11.9. The van der Waals surface area contributed by atoms with E-state index in [2.05, 4.69) is 57.2 Å². The summed E-state index contributed by atoms with van der Waals surface area (Å²) in [7, 11) is 0. The van der Waals surface area contributed by atoms with Crippen LogP contribution in [0.5, 0.6) is 0 Å². The van der Waals surface area contributed by atoms with Gasteiger partial charge in [0, 0.05) is 18.3 Å². The van der Waals surface area contributed by atoms with Gasteiger partial charge in [-0.3, -0.25) is 4.79 Å². The third kappa shape index (κ3) is 3.52. The minimum Gasteiger partial charge on any atom is -0.465 e. The van der Waals surface area contributed by atoms with Crippen molar-refractivity contribution in [1.82, 2.24) is 0 Å². The van der Waals surface area contributed by atoms with Crippen molar-refractivity contribution in [1.29, 1.82) is 0 Å². The molecule has 25 heavy (non-hydrogen) atoms. The average Bonchev–Trinajstić information content (AvgIpc) is 2.58. The fraction of sp³-hybridized carbons (Fsp3) is 0.591. The summed E-state index contributed by atoms with van der Waals surface area (Å²) in [5.74, 6) is 1.00. The van der Waals surface area contributed by atoms with E-state index in [-0.39, 0.29) is 17.5 Å². The van der Waals surface area contributed by atoms with Crippen molar-refractivity contribution < 1.29 is 14.3 Å². The molecule has 1 aliphatic heterocycles. The Bertz CT molecular complexity index is 636. The van der Waals surface area contributed by atoms with Gasteiger partial charge in [0.15, 0.2) is 0 Å². The molecule has 3 unspecified atom stereocenters. The van der Waals surface area contributed by atoms with Gasteiger partial charge >= 0.3 is 5.97 Å². The van der Waals surface area contributed by atoms with Gasteiger partial charge in [-0.1, -0.05) is 55.8 Å². The van der Waals surface area contributed by atoms with E-state index in [0.717, 1.165) is 12.8 Å². The number of carbonyl (C=O) groups excluding carboxylic acids is 1. The molecule has 3 nitrogen and oxygen atoms in total. The highest BCUT2D eigenvalue weighted by atomic mass is 16.5. The van der Waals surface area contributed by atoms with Gasteiger partial charge in [0.2, 0.25) is 0 Å². The Morgan fingerprint density at radius 2 is 2.00 bits per heavy atom. The predicted molar refractivity (Wildman–Crippen MR) is 99.1 cm³/mol. The minimum atomic E-state index is -0.206. The molecule has 0 amide bonds. The highest BCUT2D eigenvalue weighted by Gasteiger charge is 2.53. The van der Waals surface area contributed by atoms with Crippen LogP contribution in [0.1, 0.15) is 39.7 Å². The van der Waals surface area contributed by atoms with Gasteiger partial charge in [0.25, 0.3) is 0 Å². The molecule has 1 aromatic carbocycles. The summed E-state index contributed by atoms with van der Waals surface area (Å²) in [5, 5.41) is 0. The Labute approximate surface area is 151 Å². The van der Waals surface area contributed by atoms with E-state index in [4.69, 9.17) is 9.47 Å². The number of esters is 1. The summed E-state index contributed by atoms with van der Waals surface area (Å²) in [6, 6.07) is 10.6. The highest BCUT2D eigenvalue weighted by molar-refractivity contribution is 5.65. The molecular weight excluding hydrogens is 312 g/mol. The van der Waals surface area contributed by atoms with Crippen molar-refractivity contribution in [2.45, 2.75) is 46.6 Å². The zero-order valence-corrected chi connectivity index (χ0v) is 15.8. The lowest BCUT2D eigenvalue weighted by Gasteiger charge is -2.55.